The van der Waals surface area contributed by atoms with Crippen LogP contribution in [0.2, 0.25) is 0 Å². The smallest absolute Gasteiger partial charge is 0.343 e. The van der Waals surface area contributed by atoms with E-state index in [9.17, 15) is 4.79 Å². The summed E-state index contributed by atoms with van der Waals surface area (Å²) in [6, 6.07) is 13.7. The van der Waals surface area contributed by atoms with Gasteiger partial charge in [0.15, 0.2) is 0 Å². The standard InChI is InChI=1S/C21H20O3/c1-4-23-18-8-6-16(7-9-18)12-17-13-20(24-21(17)22)19-10-5-14(2)11-15(19)3/h5-13H,4H2,1-3H3/b17-12+. The van der Waals surface area contributed by atoms with Crippen LogP contribution in [-0.4, -0.2) is 12.6 Å². The van der Waals surface area contributed by atoms with Crippen molar-refractivity contribution in [2.75, 3.05) is 6.61 Å². The highest BCUT2D eigenvalue weighted by Gasteiger charge is 2.22. The third kappa shape index (κ3) is 3.40. The first-order valence-corrected chi connectivity index (χ1v) is 8.03. The number of hydrogen-bond donors (Lipinski definition) is 0. The van der Waals surface area contributed by atoms with Gasteiger partial charge in [0, 0.05) is 5.56 Å². The molecule has 0 fully saturated rings. The van der Waals surface area contributed by atoms with Gasteiger partial charge in [0.25, 0.3) is 0 Å². The van der Waals surface area contributed by atoms with Crippen molar-refractivity contribution in [2.45, 2.75) is 20.8 Å². The Labute approximate surface area is 142 Å². The first-order valence-electron chi connectivity index (χ1n) is 8.03. The molecular formula is C21H20O3. The molecule has 0 radical (unpaired) electrons. The topological polar surface area (TPSA) is 35.5 Å². The van der Waals surface area contributed by atoms with Crippen molar-refractivity contribution in [3.8, 4) is 5.75 Å². The molecule has 1 heterocycles. The van der Waals surface area contributed by atoms with E-state index in [1.807, 2.05) is 63.2 Å². The first-order chi connectivity index (χ1) is 11.6. The van der Waals surface area contributed by atoms with Crippen LogP contribution < -0.4 is 4.74 Å². The van der Waals surface area contributed by atoms with Crippen LogP contribution in [0.25, 0.3) is 11.8 Å². The number of esters is 1. The number of cyclic esters (lactones) is 1. The van der Waals surface area contributed by atoms with E-state index in [-0.39, 0.29) is 5.97 Å². The van der Waals surface area contributed by atoms with Gasteiger partial charge in [0.2, 0.25) is 0 Å². The minimum atomic E-state index is -0.321. The summed E-state index contributed by atoms with van der Waals surface area (Å²) in [7, 11) is 0. The number of carbonyl (C=O) groups excluding carboxylic acids is 1. The molecule has 3 nitrogen and oxygen atoms in total. The zero-order valence-electron chi connectivity index (χ0n) is 14.1. The van der Waals surface area contributed by atoms with Gasteiger partial charge in [-0.1, -0.05) is 35.9 Å². The number of carbonyl (C=O) groups is 1. The Morgan fingerprint density at radius 3 is 2.50 bits per heavy atom. The van der Waals surface area contributed by atoms with Crippen molar-refractivity contribution < 1.29 is 14.3 Å². The van der Waals surface area contributed by atoms with Gasteiger partial charge in [0.05, 0.1) is 12.2 Å². The van der Waals surface area contributed by atoms with Gasteiger partial charge in [-0.05, 0) is 56.2 Å². The Morgan fingerprint density at radius 2 is 1.83 bits per heavy atom. The summed E-state index contributed by atoms with van der Waals surface area (Å²) in [5.41, 5.74) is 4.71. The monoisotopic (exact) mass is 320 g/mol. The Balaban J connectivity index is 1.88. The van der Waals surface area contributed by atoms with Crippen molar-refractivity contribution in [3.05, 3.63) is 76.4 Å². The molecule has 2 aromatic rings. The average molecular weight is 320 g/mol. The van der Waals surface area contributed by atoms with E-state index >= 15 is 0 Å². The Morgan fingerprint density at radius 1 is 1.08 bits per heavy atom. The van der Waals surface area contributed by atoms with E-state index in [1.165, 1.54) is 5.56 Å². The molecule has 0 saturated heterocycles. The van der Waals surface area contributed by atoms with Crippen molar-refractivity contribution in [3.63, 3.8) is 0 Å². The summed E-state index contributed by atoms with van der Waals surface area (Å²) in [4.78, 5) is 12.1. The molecule has 1 aliphatic rings. The molecule has 0 N–H and O–H groups in total. The second-order valence-electron chi connectivity index (χ2n) is 5.82. The molecule has 0 unspecified atom stereocenters. The third-order valence-electron chi connectivity index (χ3n) is 3.89. The van der Waals surface area contributed by atoms with Crippen LogP contribution in [0.15, 0.2) is 54.1 Å². The summed E-state index contributed by atoms with van der Waals surface area (Å²) in [5, 5.41) is 0. The van der Waals surface area contributed by atoms with Gasteiger partial charge >= 0.3 is 5.97 Å². The van der Waals surface area contributed by atoms with Gasteiger partial charge < -0.3 is 9.47 Å². The van der Waals surface area contributed by atoms with Crippen molar-refractivity contribution in [2.24, 2.45) is 0 Å². The summed E-state index contributed by atoms with van der Waals surface area (Å²) in [6.45, 7) is 6.65. The molecule has 122 valence electrons. The molecule has 3 rings (SSSR count). The van der Waals surface area contributed by atoms with E-state index in [2.05, 4.69) is 6.07 Å². The number of aryl methyl sites for hydroxylation is 2. The van der Waals surface area contributed by atoms with Crippen molar-refractivity contribution in [1.82, 2.24) is 0 Å². The lowest BCUT2D eigenvalue weighted by Gasteiger charge is -2.06. The van der Waals surface area contributed by atoms with Crippen LogP contribution in [0.3, 0.4) is 0 Å². The van der Waals surface area contributed by atoms with Gasteiger partial charge in [-0.3, -0.25) is 0 Å². The SMILES string of the molecule is CCOc1ccc(/C=C2\C=C(c3ccc(C)cc3C)OC2=O)cc1. The molecule has 0 aromatic heterocycles. The quantitative estimate of drug-likeness (QED) is 0.606. The first kappa shape index (κ1) is 16.1. The second-order valence-corrected chi connectivity index (χ2v) is 5.82. The van der Waals surface area contributed by atoms with Crippen LogP contribution in [-0.2, 0) is 9.53 Å². The average Bonchev–Trinajstić information content (AvgIpc) is 2.90. The van der Waals surface area contributed by atoms with Crippen LogP contribution in [0, 0.1) is 13.8 Å². The molecular weight excluding hydrogens is 300 g/mol. The summed E-state index contributed by atoms with van der Waals surface area (Å²) in [5.74, 6) is 1.11. The largest absolute Gasteiger partial charge is 0.494 e. The highest BCUT2D eigenvalue weighted by molar-refractivity contribution is 6.05. The molecule has 3 heteroatoms. The third-order valence-corrected chi connectivity index (χ3v) is 3.89. The lowest BCUT2D eigenvalue weighted by atomic mass is 10.0. The number of ether oxygens (including phenoxy) is 2. The molecule has 0 amide bonds. The molecule has 1 aliphatic heterocycles. The fourth-order valence-corrected chi connectivity index (χ4v) is 2.72. The van der Waals surface area contributed by atoms with E-state index in [4.69, 9.17) is 9.47 Å². The molecule has 0 bridgehead atoms. The second kappa shape index (κ2) is 6.75. The van der Waals surface area contributed by atoms with Gasteiger partial charge in [-0.25, -0.2) is 4.79 Å². The number of hydrogen-bond acceptors (Lipinski definition) is 3. The minimum absolute atomic E-state index is 0.321. The van der Waals surface area contributed by atoms with Crippen LogP contribution in [0.5, 0.6) is 5.75 Å². The predicted molar refractivity (Wildman–Crippen MR) is 95.6 cm³/mol. The summed E-state index contributed by atoms with van der Waals surface area (Å²) < 4.78 is 10.9. The summed E-state index contributed by atoms with van der Waals surface area (Å²) >= 11 is 0. The van der Waals surface area contributed by atoms with Crippen molar-refractivity contribution >= 4 is 17.8 Å². The highest BCUT2D eigenvalue weighted by atomic mass is 16.5. The van der Waals surface area contributed by atoms with E-state index in [1.54, 1.807) is 6.08 Å². The number of benzene rings is 2. The Hall–Kier alpha value is -2.81. The molecule has 2 aromatic carbocycles. The Bertz CT molecular complexity index is 827. The van der Waals surface area contributed by atoms with E-state index in [0.29, 0.717) is 17.9 Å². The van der Waals surface area contributed by atoms with E-state index in [0.717, 1.165) is 22.4 Å². The van der Waals surface area contributed by atoms with Crippen LogP contribution in [0.4, 0.5) is 0 Å². The van der Waals surface area contributed by atoms with Crippen LogP contribution in [0.1, 0.15) is 29.2 Å². The lowest BCUT2D eigenvalue weighted by Crippen LogP contribution is -1.98. The van der Waals surface area contributed by atoms with Gasteiger partial charge in [-0.2, -0.15) is 0 Å². The van der Waals surface area contributed by atoms with Crippen LogP contribution >= 0.6 is 0 Å². The normalized spacial score (nSPS) is 15.4. The molecule has 0 atom stereocenters. The lowest BCUT2D eigenvalue weighted by molar-refractivity contribution is -0.130. The minimum Gasteiger partial charge on any atom is -0.494 e. The maximum atomic E-state index is 12.1. The molecule has 0 aliphatic carbocycles. The predicted octanol–water partition coefficient (Wildman–Crippen LogP) is 4.68. The maximum absolute atomic E-state index is 12.1. The molecule has 0 spiro atoms. The fourth-order valence-electron chi connectivity index (χ4n) is 2.72. The molecule has 24 heavy (non-hydrogen) atoms. The van der Waals surface area contributed by atoms with Crippen molar-refractivity contribution in [1.29, 1.82) is 0 Å². The molecule has 0 saturated carbocycles. The maximum Gasteiger partial charge on any atom is 0.343 e. The Kier molecular flexibility index (Phi) is 4.52. The highest BCUT2D eigenvalue weighted by Crippen LogP contribution is 2.30. The van der Waals surface area contributed by atoms with Gasteiger partial charge in [-0.15, -0.1) is 0 Å². The van der Waals surface area contributed by atoms with E-state index < -0.39 is 0 Å². The zero-order valence-corrected chi connectivity index (χ0v) is 14.1. The zero-order chi connectivity index (χ0) is 17.1. The number of rotatable bonds is 4. The fraction of sp³-hybridized carbons (Fsp3) is 0.190. The van der Waals surface area contributed by atoms with Gasteiger partial charge in [0.1, 0.15) is 11.5 Å². The summed E-state index contributed by atoms with van der Waals surface area (Å²) in [6.07, 6.45) is 3.63.